The van der Waals surface area contributed by atoms with Gasteiger partial charge in [-0.15, -0.1) is 0 Å². The molecule has 0 saturated heterocycles. The molecule has 0 radical (unpaired) electrons. The zero-order valence-corrected chi connectivity index (χ0v) is 9.50. The highest BCUT2D eigenvalue weighted by Crippen LogP contribution is 2.31. The molecule has 2 rings (SSSR count). The van der Waals surface area contributed by atoms with E-state index in [0.29, 0.717) is 0 Å². The van der Waals surface area contributed by atoms with Gasteiger partial charge >= 0.3 is 0 Å². The third kappa shape index (κ3) is 1.76. The summed E-state index contributed by atoms with van der Waals surface area (Å²) in [5.74, 6) is -1.49. The number of anilines is 1. The number of hydrogen-bond acceptors (Lipinski definition) is 3. The lowest BCUT2D eigenvalue weighted by atomic mass is 10.1. The van der Waals surface area contributed by atoms with Crippen LogP contribution in [0, 0.1) is 11.6 Å². The summed E-state index contributed by atoms with van der Waals surface area (Å²) in [4.78, 5) is 7.56. The molecule has 0 spiro atoms. The van der Waals surface area contributed by atoms with Crippen molar-refractivity contribution in [1.29, 1.82) is 0 Å². The van der Waals surface area contributed by atoms with Crippen molar-refractivity contribution in [2.45, 2.75) is 0 Å². The van der Waals surface area contributed by atoms with E-state index in [4.69, 9.17) is 5.73 Å². The molecule has 2 aromatic rings. The number of halogens is 3. The van der Waals surface area contributed by atoms with Crippen molar-refractivity contribution in [2.24, 2.45) is 0 Å². The highest BCUT2D eigenvalue weighted by molar-refractivity contribution is 9.10. The van der Waals surface area contributed by atoms with Crippen molar-refractivity contribution < 1.29 is 8.78 Å². The maximum Gasteiger partial charge on any atom is 0.150 e. The van der Waals surface area contributed by atoms with Crippen LogP contribution in [0.4, 0.5) is 14.6 Å². The van der Waals surface area contributed by atoms with Gasteiger partial charge in [-0.1, -0.05) is 0 Å². The quantitative estimate of drug-likeness (QED) is 0.820. The first-order valence-electron chi connectivity index (χ1n) is 4.31. The second kappa shape index (κ2) is 4.13. The fourth-order valence-corrected chi connectivity index (χ4v) is 1.62. The van der Waals surface area contributed by atoms with Crippen LogP contribution >= 0.6 is 15.9 Å². The topological polar surface area (TPSA) is 51.8 Å². The van der Waals surface area contributed by atoms with E-state index in [0.717, 1.165) is 6.07 Å². The van der Waals surface area contributed by atoms with Gasteiger partial charge in [0.25, 0.3) is 0 Å². The molecule has 0 unspecified atom stereocenters. The van der Waals surface area contributed by atoms with E-state index in [-0.39, 0.29) is 21.5 Å². The molecule has 16 heavy (non-hydrogen) atoms. The molecule has 0 aliphatic heterocycles. The van der Waals surface area contributed by atoms with Gasteiger partial charge in [0.2, 0.25) is 0 Å². The summed E-state index contributed by atoms with van der Waals surface area (Å²) in [6, 6.07) is 2.41. The van der Waals surface area contributed by atoms with Crippen molar-refractivity contribution in [3.63, 3.8) is 0 Å². The van der Waals surface area contributed by atoms with Gasteiger partial charge in [-0.05, 0) is 28.1 Å². The van der Waals surface area contributed by atoms with Crippen LogP contribution in [0.1, 0.15) is 0 Å². The molecule has 6 heteroatoms. The van der Waals surface area contributed by atoms with Crippen molar-refractivity contribution in [2.75, 3.05) is 5.73 Å². The molecular weight excluding hydrogens is 280 g/mol. The van der Waals surface area contributed by atoms with Gasteiger partial charge in [-0.3, -0.25) is 4.98 Å². The highest BCUT2D eigenvalue weighted by atomic mass is 79.9. The predicted octanol–water partition coefficient (Wildman–Crippen LogP) is 2.77. The van der Waals surface area contributed by atoms with E-state index in [1.54, 1.807) is 0 Å². The molecule has 0 saturated carbocycles. The van der Waals surface area contributed by atoms with Crippen molar-refractivity contribution >= 4 is 21.7 Å². The normalized spacial score (nSPS) is 10.4. The maximum absolute atomic E-state index is 13.7. The lowest BCUT2D eigenvalue weighted by Crippen LogP contribution is -2.00. The molecule has 0 aliphatic rings. The number of nitrogen functional groups attached to an aromatic ring is 1. The fourth-order valence-electron chi connectivity index (χ4n) is 1.29. The molecular formula is C10H6BrF2N3. The smallest absolute Gasteiger partial charge is 0.150 e. The molecule has 0 aliphatic carbocycles. The maximum atomic E-state index is 13.7. The van der Waals surface area contributed by atoms with Crippen LogP contribution < -0.4 is 5.73 Å². The average molecular weight is 286 g/mol. The summed E-state index contributed by atoms with van der Waals surface area (Å²) in [6.07, 6.45) is 2.68. The minimum Gasteiger partial charge on any atom is -0.382 e. The highest BCUT2D eigenvalue weighted by Gasteiger charge is 2.17. The molecule has 2 N–H and O–H groups in total. The van der Waals surface area contributed by atoms with Crippen molar-refractivity contribution in [3.05, 3.63) is 40.6 Å². The van der Waals surface area contributed by atoms with Crippen LogP contribution in [0.15, 0.2) is 29.0 Å². The van der Waals surface area contributed by atoms with E-state index in [1.807, 2.05) is 0 Å². The minimum absolute atomic E-state index is 0.00111. The Hall–Kier alpha value is -1.56. The molecule has 1 heterocycles. The van der Waals surface area contributed by atoms with Crippen LogP contribution in [0.5, 0.6) is 0 Å². The Morgan fingerprint density at radius 1 is 1.12 bits per heavy atom. The first-order valence-corrected chi connectivity index (χ1v) is 5.11. The SMILES string of the molecule is Nc1nccnc1-c1c(F)ccc(Br)c1F. The zero-order valence-electron chi connectivity index (χ0n) is 7.92. The number of nitrogens with zero attached hydrogens (tertiary/aromatic N) is 2. The van der Waals surface area contributed by atoms with Crippen LogP contribution in [0.2, 0.25) is 0 Å². The first kappa shape index (κ1) is 10.9. The summed E-state index contributed by atoms with van der Waals surface area (Å²) in [5, 5.41) is 0. The van der Waals surface area contributed by atoms with Gasteiger partial charge in [0, 0.05) is 12.4 Å². The number of rotatable bonds is 1. The Kier molecular flexibility index (Phi) is 2.82. The largest absolute Gasteiger partial charge is 0.382 e. The van der Waals surface area contributed by atoms with E-state index >= 15 is 0 Å². The molecule has 0 atom stereocenters. The lowest BCUT2D eigenvalue weighted by Gasteiger charge is -2.07. The minimum atomic E-state index is -0.743. The van der Waals surface area contributed by atoms with Gasteiger partial charge < -0.3 is 5.73 Å². The van der Waals surface area contributed by atoms with E-state index in [1.165, 1.54) is 18.5 Å². The molecule has 1 aromatic heterocycles. The summed E-state index contributed by atoms with van der Waals surface area (Å²) in [6.45, 7) is 0. The number of benzene rings is 1. The van der Waals surface area contributed by atoms with E-state index in [2.05, 4.69) is 25.9 Å². The molecule has 3 nitrogen and oxygen atoms in total. The van der Waals surface area contributed by atoms with Crippen molar-refractivity contribution in [3.8, 4) is 11.3 Å². The van der Waals surface area contributed by atoms with Gasteiger partial charge in [-0.25, -0.2) is 13.8 Å². The van der Waals surface area contributed by atoms with Crippen molar-refractivity contribution in [1.82, 2.24) is 9.97 Å². The zero-order chi connectivity index (χ0) is 11.7. The molecule has 82 valence electrons. The summed E-state index contributed by atoms with van der Waals surface area (Å²) in [7, 11) is 0. The first-order chi connectivity index (χ1) is 7.61. The number of hydrogen-bond donors (Lipinski definition) is 1. The Balaban J connectivity index is 2.74. The number of nitrogens with two attached hydrogens (primary N) is 1. The lowest BCUT2D eigenvalue weighted by molar-refractivity contribution is 0.584. The number of aromatic nitrogens is 2. The van der Waals surface area contributed by atoms with E-state index < -0.39 is 11.6 Å². The Morgan fingerprint density at radius 3 is 2.50 bits per heavy atom. The van der Waals surface area contributed by atoms with Gasteiger partial charge in [0.05, 0.1) is 10.0 Å². The summed E-state index contributed by atoms with van der Waals surface area (Å²) >= 11 is 2.97. The molecule has 0 amide bonds. The monoisotopic (exact) mass is 285 g/mol. The molecule has 1 aromatic carbocycles. The standard InChI is InChI=1S/C10H6BrF2N3/c11-5-1-2-6(12)7(8(5)13)9-10(14)16-4-3-15-9/h1-4H,(H2,14,16). The predicted molar refractivity (Wildman–Crippen MR) is 59.5 cm³/mol. The third-order valence-electron chi connectivity index (χ3n) is 2.01. The Morgan fingerprint density at radius 2 is 1.81 bits per heavy atom. The van der Waals surface area contributed by atoms with Gasteiger partial charge in [0.1, 0.15) is 23.1 Å². The van der Waals surface area contributed by atoms with Gasteiger partial charge in [0.15, 0.2) is 0 Å². The van der Waals surface area contributed by atoms with Crippen LogP contribution in [0.3, 0.4) is 0 Å². The van der Waals surface area contributed by atoms with E-state index in [9.17, 15) is 8.78 Å². The molecule has 0 bridgehead atoms. The third-order valence-corrected chi connectivity index (χ3v) is 2.62. The average Bonchev–Trinajstić information content (AvgIpc) is 2.27. The van der Waals surface area contributed by atoms with Crippen LogP contribution in [-0.4, -0.2) is 9.97 Å². The fraction of sp³-hybridized carbons (Fsp3) is 0. The van der Waals surface area contributed by atoms with Crippen LogP contribution in [0.25, 0.3) is 11.3 Å². The van der Waals surface area contributed by atoms with Crippen LogP contribution in [-0.2, 0) is 0 Å². The summed E-state index contributed by atoms with van der Waals surface area (Å²) < 4.78 is 27.4. The summed E-state index contributed by atoms with van der Waals surface area (Å²) in [5.41, 5.74) is 5.24. The molecule has 0 fully saturated rings. The second-order valence-electron chi connectivity index (χ2n) is 3.01. The Bertz CT molecular complexity index is 546. The van der Waals surface area contributed by atoms with Gasteiger partial charge in [-0.2, -0.15) is 0 Å². The Labute approximate surface area is 98.5 Å². The second-order valence-corrected chi connectivity index (χ2v) is 3.86.